The molecule has 140 valence electrons. The molecule has 1 aromatic heterocycles. The fourth-order valence-corrected chi connectivity index (χ4v) is 3.25. The Balaban J connectivity index is 1.49. The van der Waals surface area contributed by atoms with Crippen LogP contribution >= 0.6 is 0 Å². The molecule has 0 radical (unpaired) electrons. The summed E-state index contributed by atoms with van der Waals surface area (Å²) in [6.07, 6.45) is 3.58. The zero-order valence-electron chi connectivity index (χ0n) is 15.4. The van der Waals surface area contributed by atoms with Crippen LogP contribution < -0.4 is 16.0 Å². The van der Waals surface area contributed by atoms with Crippen molar-refractivity contribution < 1.29 is 5.11 Å². The maximum Gasteiger partial charge on any atom is 0.191 e. The lowest BCUT2D eigenvalue weighted by molar-refractivity contribution is 0.120. The van der Waals surface area contributed by atoms with Gasteiger partial charge in [0, 0.05) is 24.5 Å². The molecular weight excluding hydrogens is 326 g/mol. The summed E-state index contributed by atoms with van der Waals surface area (Å²) in [5, 5.41) is 20.9. The minimum absolute atomic E-state index is 0.133. The predicted octanol–water partition coefficient (Wildman–Crippen LogP) is 2.51. The third-order valence-corrected chi connectivity index (χ3v) is 4.67. The first-order valence-electron chi connectivity index (χ1n) is 9.57. The Kier molecular flexibility index (Phi) is 6.66. The number of nitrogens with one attached hydrogen (secondary N) is 3. The number of nitrogens with zero attached hydrogens (tertiary/aromatic N) is 2. The maximum absolute atomic E-state index is 9.62. The number of aromatic nitrogens is 1. The summed E-state index contributed by atoms with van der Waals surface area (Å²) in [5.74, 6) is 1.72. The van der Waals surface area contributed by atoms with Crippen LogP contribution in [0, 0.1) is 0 Å². The Morgan fingerprint density at radius 3 is 2.77 bits per heavy atom. The molecule has 0 atom stereocenters. The van der Waals surface area contributed by atoms with E-state index in [-0.39, 0.29) is 6.10 Å². The molecule has 0 bridgehead atoms. The molecule has 0 amide bonds. The Morgan fingerprint density at radius 1 is 1.15 bits per heavy atom. The number of guanidine groups is 1. The van der Waals surface area contributed by atoms with Gasteiger partial charge in [0.15, 0.2) is 5.96 Å². The van der Waals surface area contributed by atoms with Gasteiger partial charge < -0.3 is 21.1 Å². The summed E-state index contributed by atoms with van der Waals surface area (Å²) in [4.78, 5) is 9.26. The minimum atomic E-state index is -0.133. The maximum atomic E-state index is 9.62. The summed E-state index contributed by atoms with van der Waals surface area (Å²) >= 11 is 0. The molecule has 0 aliphatic heterocycles. The summed E-state index contributed by atoms with van der Waals surface area (Å²) in [6, 6.07) is 12.6. The van der Waals surface area contributed by atoms with Crippen molar-refractivity contribution in [3.63, 3.8) is 0 Å². The molecule has 1 aliphatic rings. The van der Waals surface area contributed by atoms with Crippen molar-refractivity contribution in [1.82, 2.24) is 15.6 Å². The summed E-state index contributed by atoms with van der Waals surface area (Å²) < 4.78 is 0. The van der Waals surface area contributed by atoms with Gasteiger partial charge in [-0.15, -0.1) is 0 Å². The lowest BCUT2D eigenvalue weighted by Gasteiger charge is -2.27. The van der Waals surface area contributed by atoms with Crippen LogP contribution in [-0.2, 0) is 0 Å². The number of benzene rings is 1. The molecular formula is C20H29N5O. The third-order valence-electron chi connectivity index (χ3n) is 4.67. The van der Waals surface area contributed by atoms with E-state index < -0.39 is 0 Å². The zero-order chi connectivity index (χ0) is 18.2. The molecule has 1 saturated carbocycles. The number of hydrogen-bond donors (Lipinski definition) is 4. The number of anilines is 1. The molecule has 0 spiro atoms. The first-order chi connectivity index (χ1) is 12.7. The van der Waals surface area contributed by atoms with E-state index in [1.807, 2.05) is 24.3 Å². The third kappa shape index (κ3) is 5.33. The quantitative estimate of drug-likeness (QED) is 0.364. The van der Waals surface area contributed by atoms with Crippen molar-refractivity contribution in [3.05, 3.63) is 36.4 Å². The standard InChI is InChI=1S/C20H29N5O/c1-2-21-20(24-16-8-10-17(26)11-9-16)23-14-13-22-19-12-7-15-5-3-4-6-18(15)25-19/h3-7,12,16-17,26H,2,8-11,13-14H2,1H3,(H,22,25)(H2,21,23,24). The molecule has 1 fully saturated rings. The monoisotopic (exact) mass is 355 g/mol. The van der Waals surface area contributed by atoms with Gasteiger partial charge in [0.05, 0.1) is 18.2 Å². The van der Waals surface area contributed by atoms with Gasteiger partial charge in [-0.05, 0) is 50.8 Å². The number of pyridine rings is 1. The first kappa shape index (κ1) is 18.5. The molecule has 6 nitrogen and oxygen atoms in total. The van der Waals surface area contributed by atoms with Gasteiger partial charge in [-0.2, -0.15) is 0 Å². The number of rotatable bonds is 6. The molecule has 1 heterocycles. The van der Waals surface area contributed by atoms with Crippen molar-refractivity contribution in [3.8, 4) is 0 Å². The molecule has 1 aromatic carbocycles. The van der Waals surface area contributed by atoms with E-state index in [0.29, 0.717) is 12.6 Å². The van der Waals surface area contributed by atoms with Gasteiger partial charge >= 0.3 is 0 Å². The average molecular weight is 355 g/mol. The van der Waals surface area contributed by atoms with E-state index in [1.54, 1.807) is 0 Å². The van der Waals surface area contributed by atoms with Crippen molar-refractivity contribution in [2.75, 3.05) is 25.0 Å². The van der Waals surface area contributed by atoms with E-state index in [9.17, 15) is 5.11 Å². The Labute approximate surface area is 155 Å². The fraction of sp³-hybridized carbons (Fsp3) is 0.500. The molecule has 4 N–H and O–H groups in total. The number of aliphatic hydroxyl groups is 1. The molecule has 26 heavy (non-hydrogen) atoms. The van der Waals surface area contributed by atoms with Crippen LogP contribution in [0.3, 0.4) is 0 Å². The summed E-state index contributed by atoms with van der Waals surface area (Å²) in [5.41, 5.74) is 0.996. The molecule has 0 saturated heterocycles. The second-order valence-electron chi connectivity index (χ2n) is 6.73. The van der Waals surface area contributed by atoms with Gasteiger partial charge in [-0.3, -0.25) is 4.99 Å². The Hall–Kier alpha value is -2.34. The summed E-state index contributed by atoms with van der Waals surface area (Å²) in [7, 11) is 0. The van der Waals surface area contributed by atoms with E-state index in [0.717, 1.165) is 61.5 Å². The number of aliphatic hydroxyl groups excluding tert-OH is 1. The predicted molar refractivity (Wildman–Crippen MR) is 108 cm³/mol. The number of fused-ring (bicyclic) bond motifs is 1. The van der Waals surface area contributed by atoms with Gasteiger partial charge in [0.25, 0.3) is 0 Å². The minimum Gasteiger partial charge on any atom is -0.393 e. The highest BCUT2D eigenvalue weighted by molar-refractivity contribution is 5.80. The highest BCUT2D eigenvalue weighted by Gasteiger charge is 2.19. The van der Waals surface area contributed by atoms with E-state index in [1.165, 1.54) is 0 Å². The number of para-hydroxylation sites is 1. The molecule has 6 heteroatoms. The largest absolute Gasteiger partial charge is 0.393 e. The fourth-order valence-electron chi connectivity index (χ4n) is 3.25. The van der Waals surface area contributed by atoms with Crippen LogP contribution in [0.5, 0.6) is 0 Å². The van der Waals surface area contributed by atoms with Crippen LogP contribution in [-0.4, -0.2) is 47.8 Å². The Bertz CT molecular complexity index is 725. The van der Waals surface area contributed by atoms with Crippen molar-refractivity contribution in [1.29, 1.82) is 0 Å². The molecule has 3 rings (SSSR count). The van der Waals surface area contributed by atoms with Crippen molar-refractivity contribution in [2.24, 2.45) is 4.99 Å². The van der Waals surface area contributed by atoms with Crippen molar-refractivity contribution >= 4 is 22.7 Å². The first-order valence-corrected chi connectivity index (χ1v) is 9.57. The van der Waals surface area contributed by atoms with E-state index in [4.69, 9.17) is 0 Å². The van der Waals surface area contributed by atoms with Crippen LogP contribution in [0.2, 0.25) is 0 Å². The molecule has 0 unspecified atom stereocenters. The normalized spacial score (nSPS) is 20.8. The van der Waals surface area contributed by atoms with Gasteiger partial charge in [0.1, 0.15) is 5.82 Å². The summed E-state index contributed by atoms with van der Waals surface area (Å²) in [6.45, 7) is 4.30. The van der Waals surface area contributed by atoms with Gasteiger partial charge in [-0.1, -0.05) is 18.2 Å². The lowest BCUT2D eigenvalue weighted by atomic mass is 9.93. The second-order valence-corrected chi connectivity index (χ2v) is 6.73. The highest BCUT2D eigenvalue weighted by Crippen LogP contribution is 2.18. The SMILES string of the molecule is CCNC(=NCCNc1ccc2ccccc2n1)NC1CCC(O)CC1. The van der Waals surface area contributed by atoms with E-state index in [2.05, 4.69) is 45.0 Å². The van der Waals surface area contributed by atoms with Crippen LogP contribution in [0.1, 0.15) is 32.6 Å². The smallest absolute Gasteiger partial charge is 0.191 e. The average Bonchev–Trinajstić information content (AvgIpc) is 2.67. The molecule has 1 aliphatic carbocycles. The zero-order valence-corrected chi connectivity index (χ0v) is 15.4. The highest BCUT2D eigenvalue weighted by atomic mass is 16.3. The van der Waals surface area contributed by atoms with Crippen LogP contribution in [0.4, 0.5) is 5.82 Å². The Morgan fingerprint density at radius 2 is 1.96 bits per heavy atom. The second kappa shape index (κ2) is 9.38. The van der Waals surface area contributed by atoms with Crippen LogP contribution in [0.15, 0.2) is 41.4 Å². The number of aliphatic imine (C=N–C) groups is 1. The van der Waals surface area contributed by atoms with Gasteiger partial charge in [-0.25, -0.2) is 4.98 Å². The van der Waals surface area contributed by atoms with Crippen LogP contribution in [0.25, 0.3) is 10.9 Å². The van der Waals surface area contributed by atoms with E-state index >= 15 is 0 Å². The lowest BCUT2D eigenvalue weighted by Crippen LogP contribution is -2.45. The topological polar surface area (TPSA) is 81.6 Å². The number of hydrogen-bond acceptors (Lipinski definition) is 4. The van der Waals surface area contributed by atoms with Gasteiger partial charge in [0.2, 0.25) is 0 Å². The molecule has 2 aromatic rings. The van der Waals surface area contributed by atoms with Crippen molar-refractivity contribution in [2.45, 2.75) is 44.8 Å².